The van der Waals surface area contributed by atoms with Crippen LogP contribution in [0.25, 0.3) is 16.3 Å². The Morgan fingerprint density at radius 2 is 1.83 bits per heavy atom. The van der Waals surface area contributed by atoms with Crippen molar-refractivity contribution >= 4 is 32.7 Å². The first-order valence-electron chi connectivity index (χ1n) is 15.7. The number of sulfonamides is 1. The van der Waals surface area contributed by atoms with Gasteiger partial charge in [0.05, 0.1) is 30.6 Å². The number of rotatable bonds is 9. The molecular weight excluding hydrogens is 645 g/mol. The number of piperidine rings is 1. The van der Waals surface area contributed by atoms with Gasteiger partial charge in [-0.15, -0.1) is 10.2 Å². The van der Waals surface area contributed by atoms with Crippen molar-refractivity contribution in [3.8, 4) is 10.7 Å². The highest BCUT2D eigenvalue weighted by atomic mass is 32.2. The van der Waals surface area contributed by atoms with Crippen LogP contribution in [0.3, 0.4) is 0 Å². The highest BCUT2D eigenvalue weighted by molar-refractivity contribution is 7.89. The molecule has 3 aromatic rings. The normalized spacial score (nSPS) is 25.2. The summed E-state index contributed by atoms with van der Waals surface area (Å²) in [5.41, 5.74) is 0.162. The van der Waals surface area contributed by atoms with Gasteiger partial charge in [-0.25, -0.2) is 18.1 Å². The monoisotopic (exact) mass is 684 g/mol. The van der Waals surface area contributed by atoms with Gasteiger partial charge in [-0.1, -0.05) is 11.3 Å². The number of imidazole rings is 1. The zero-order valence-electron chi connectivity index (χ0n) is 26.5. The molecule has 2 aliphatic carbocycles. The Balaban J connectivity index is 1.36. The second-order valence-electron chi connectivity index (χ2n) is 13.8. The summed E-state index contributed by atoms with van der Waals surface area (Å²) in [5.74, 6) is 0. The summed E-state index contributed by atoms with van der Waals surface area (Å²) in [7, 11) is -2.46. The number of pyridine rings is 1. The Kier molecular flexibility index (Phi) is 7.57. The summed E-state index contributed by atoms with van der Waals surface area (Å²) in [6.45, 7) is 9.67. The number of hydrogen-bond acceptors (Lipinski definition) is 10. The number of fused-ring (bicyclic) bond motifs is 1. The lowest BCUT2D eigenvalue weighted by Gasteiger charge is -2.43. The molecule has 0 aromatic carbocycles. The SMILES string of the molecule is COC1(c2nc3c(N4CCC5(CC4)CO[C@@H](C)C5OC(C)C)cc(S(=O)(=O)NC4(C)CC4)cn3c2-c2nnc(C(F)(F)F)s2)CC1. The predicted molar refractivity (Wildman–Crippen MR) is 164 cm³/mol. The molecule has 4 fully saturated rings. The van der Waals surface area contributed by atoms with E-state index < -0.39 is 32.3 Å². The Labute approximate surface area is 269 Å². The standard InChI is InChI=1S/C30H39F3N6O5S2/c1-17(2)44-23-18(3)43-16-28(23)10-12-38(13-11-28)20-14-19(46(40,41)37-27(4)6-7-27)15-39-21(25-35-36-26(45-25)30(31,32)33)22(34-24(20)39)29(42-5)8-9-29/h14-15,17-18,23,37H,6-13,16H2,1-5H3/t18-,23?/m0/s1. The molecule has 3 aromatic heterocycles. The zero-order chi connectivity index (χ0) is 32.9. The van der Waals surface area contributed by atoms with Gasteiger partial charge in [-0.3, -0.25) is 4.40 Å². The summed E-state index contributed by atoms with van der Waals surface area (Å²) in [6.07, 6.45) is 0.871. The molecule has 1 unspecified atom stereocenters. The number of ether oxygens (including phenoxy) is 3. The summed E-state index contributed by atoms with van der Waals surface area (Å²) < 4.78 is 91.3. The lowest BCUT2D eigenvalue weighted by atomic mass is 9.74. The molecule has 2 atom stereocenters. The number of alkyl halides is 3. The van der Waals surface area contributed by atoms with Gasteiger partial charge in [0, 0.05) is 37.4 Å². The van der Waals surface area contributed by atoms with Crippen LogP contribution in [-0.4, -0.2) is 78.7 Å². The van der Waals surface area contributed by atoms with Gasteiger partial charge in [-0.2, -0.15) is 13.2 Å². The van der Waals surface area contributed by atoms with E-state index in [1.54, 1.807) is 17.6 Å². The Hall–Kier alpha value is -2.37. The van der Waals surface area contributed by atoms with Crippen LogP contribution in [0.2, 0.25) is 0 Å². The summed E-state index contributed by atoms with van der Waals surface area (Å²) in [6, 6.07) is 1.63. The average Bonchev–Trinajstić information content (AvgIpc) is 3.78. The van der Waals surface area contributed by atoms with E-state index in [0.29, 0.717) is 60.9 Å². The van der Waals surface area contributed by atoms with Crippen LogP contribution in [0.5, 0.6) is 0 Å². The minimum atomic E-state index is -4.68. The average molecular weight is 685 g/mol. The van der Waals surface area contributed by atoms with Crippen molar-refractivity contribution in [3.05, 3.63) is 23.0 Å². The Bertz CT molecular complexity index is 1760. The first-order valence-corrected chi connectivity index (χ1v) is 18.0. The smallest absolute Gasteiger partial charge is 0.375 e. The van der Waals surface area contributed by atoms with Crippen molar-refractivity contribution in [2.75, 3.05) is 31.7 Å². The molecule has 46 heavy (non-hydrogen) atoms. The van der Waals surface area contributed by atoms with Crippen LogP contribution in [0.4, 0.5) is 18.9 Å². The van der Waals surface area contributed by atoms with Crippen molar-refractivity contribution in [2.45, 2.75) is 107 Å². The summed E-state index contributed by atoms with van der Waals surface area (Å²) >= 11 is 0.403. The topological polar surface area (TPSA) is 120 Å². The number of aromatic nitrogens is 4. The fraction of sp³-hybridized carbons (Fsp3) is 0.700. The molecular formula is C30H39F3N6O5S2. The lowest BCUT2D eigenvalue weighted by molar-refractivity contribution is -0.138. The third-order valence-electron chi connectivity index (χ3n) is 9.95. The van der Waals surface area contributed by atoms with Crippen molar-refractivity contribution in [3.63, 3.8) is 0 Å². The van der Waals surface area contributed by atoms with E-state index in [4.69, 9.17) is 19.2 Å². The molecule has 2 saturated carbocycles. The Morgan fingerprint density at radius 3 is 2.39 bits per heavy atom. The van der Waals surface area contributed by atoms with E-state index in [-0.39, 0.29) is 39.3 Å². The summed E-state index contributed by atoms with van der Waals surface area (Å²) in [5, 5.41) is 6.26. The van der Waals surface area contributed by atoms with Crippen molar-refractivity contribution in [2.24, 2.45) is 5.41 Å². The fourth-order valence-electron chi connectivity index (χ4n) is 6.90. The molecule has 0 bridgehead atoms. The second kappa shape index (κ2) is 10.8. The van der Waals surface area contributed by atoms with Gasteiger partial charge in [0.2, 0.25) is 15.0 Å². The van der Waals surface area contributed by atoms with Gasteiger partial charge in [0.25, 0.3) is 0 Å². The number of methoxy groups -OCH3 is 1. The molecule has 16 heteroatoms. The van der Waals surface area contributed by atoms with E-state index in [0.717, 1.165) is 25.7 Å². The highest BCUT2D eigenvalue weighted by Gasteiger charge is 2.52. The molecule has 11 nitrogen and oxygen atoms in total. The third-order valence-corrected chi connectivity index (χ3v) is 12.5. The molecule has 2 saturated heterocycles. The van der Waals surface area contributed by atoms with Crippen LogP contribution in [0.15, 0.2) is 17.2 Å². The lowest BCUT2D eigenvalue weighted by Crippen LogP contribution is -2.48. The molecule has 4 aliphatic rings. The minimum absolute atomic E-state index is 0.00437. The number of hydrogen-bond donors (Lipinski definition) is 1. The first-order chi connectivity index (χ1) is 21.6. The van der Waals surface area contributed by atoms with Gasteiger partial charge in [0.1, 0.15) is 21.9 Å². The van der Waals surface area contributed by atoms with Gasteiger partial charge >= 0.3 is 6.18 Å². The van der Waals surface area contributed by atoms with E-state index in [1.165, 1.54) is 6.20 Å². The van der Waals surface area contributed by atoms with Crippen molar-refractivity contribution in [1.29, 1.82) is 0 Å². The maximum atomic E-state index is 13.8. The van der Waals surface area contributed by atoms with Crippen LogP contribution in [0, 0.1) is 5.41 Å². The molecule has 0 amide bonds. The number of halogens is 3. The van der Waals surface area contributed by atoms with Gasteiger partial charge < -0.3 is 19.1 Å². The maximum absolute atomic E-state index is 13.8. The molecule has 1 spiro atoms. The molecule has 5 heterocycles. The van der Waals surface area contributed by atoms with Crippen molar-refractivity contribution < 1.29 is 35.8 Å². The first kappa shape index (κ1) is 32.2. The third kappa shape index (κ3) is 5.51. The number of nitrogens with zero attached hydrogens (tertiary/aromatic N) is 5. The van der Waals surface area contributed by atoms with Gasteiger partial charge in [0.15, 0.2) is 10.7 Å². The minimum Gasteiger partial charge on any atom is -0.375 e. The Morgan fingerprint density at radius 1 is 1.13 bits per heavy atom. The zero-order valence-corrected chi connectivity index (χ0v) is 28.1. The molecule has 0 radical (unpaired) electrons. The maximum Gasteiger partial charge on any atom is 0.445 e. The summed E-state index contributed by atoms with van der Waals surface area (Å²) in [4.78, 5) is 7.10. The van der Waals surface area contributed by atoms with E-state index in [1.807, 2.05) is 27.7 Å². The van der Waals surface area contributed by atoms with Crippen LogP contribution in [-0.2, 0) is 36.0 Å². The van der Waals surface area contributed by atoms with Crippen LogP contribution >= 0.6 is 11.3 Å². The van der Waals surface area contributed by atoms with Gasteiger partial charge in [-0.05, 0) is 72.3 Å². The van der Waals surface area contributed by atoms with Crippen LogP contribution < -0.4 is 9.62 Å². The van der Waals surface area contributed by atoms with E-state index in [9.17, 15) is 21.6 Å². The van der Waals surface area contributed by atoms with Crippen LogP contribution in [0.1, 0.15) is 76.9 Å². The highest BCUT2D eigenvalue weighted by Crippen LogP contribution is 2.53. The van der Waals surface area contributed by atoms with E-state index >= 15 is 0 Å². The molecule has 252 valence electrons. The number of anilines is 1. The predicted octanol–water partition coefficient (Wildman–Crippen LogP) is 5.14. The molecule has 7 rings (SSSR count). The quantitative estimate of drug-likeness (QED) is 0.327. The van der Waals surface area contributed by atoms with Crippen molar-refractivity contribution in [1.82, 2.24) is 24.3 Å². The second-order valence-corrected chi connectivity index (χ2v) is 16.5. The molecule has 2 aliphatic heterocycles. The largest absolute Gasteiger partial charge is 0.445 e. The van der Waals surface area contributed by atoms with E-state index in [2.05, 4.69) is 19.8 Å². The fourth-order valence-corrected chi connectivity index (χ4v) is 9.13. The number of nitrogens with one attached hydrogen (secondary N) is 1. The molecule has 1 N–H and O–H groups in total.